The number of carbonyl (C=O) groups is 1. The van der Waals surface area contributed by atoms with Crippen molar-refractivity contribution in [3.8, 4) is 0 Å². The lowest BCUT2D eigenvalue weighted by Crippen LogP contribution is -2.36. The highest BCUT2D eigenvalue weighted by Crippen LogP contribution is 2.33. The molecule has 3 rings (SSSR count). The normalized spacial score (nSPS) is 22.8. The SMILES string of the molecule is O=C(CC1CNc2ccccc21)NC1CCCCCCC1. The van der Waals surface area contributed by atoms with Crippen molar-refractivity contribution < 1.29 is 4.79 Å². The fraction of sp³-hybridized carbons (Fsp3) is 0.611. The van der Waals surface area contributed by atoms with E-state index in [-0.39, 0.29) is 5.91 Å². The molecule has 2 N–H and O–H groups in total. The fourth-order valence-corrected chi connectivity index (χ4v) is 3.65. The number of anilines is 1. The van der Waals surface area contributed by atoms with Gasteiger partial charge in [-0.05, 0) is 24.5 Å². The maximum Gasteiger partial charge on any atom is 0.220 e. The number of para-hydroxylation sites is 1. The largest absolute Gasteiger partial charge is 0.384 e. The maximum atomic E-state index is 12.3. The monoisotopic (exact) mass is 286 g/mol. The number of nitrogens with one attached hydrogen (secondary N) is 2. The third-order valence-electron chi connectivity index (χ3n) is 4.84. The summed E-state index contributed by atoms with van der Waals surface area (Å²) >= 11 is 0. The number of amides is 1. The van der Waals surface area contributed by atoms with Gasteiger partial charge in [-0.1, -0.05) is 50.3 Å². The van der Waals surface area contributed by atoms with Crippen molar-refractivity contribution >= 4 is 11.6 Å². The van der Waals surface area contributed by atoms with Crippen LogP contribution in [0.25, 0.3) is 0 Å². The highest BCUT2D eigenvalue weighted by molar-refractivity contribution is 5.78. The molecular formula is C18H26N2O. The zero-order valence-corrected chi connectivity index (χ0v) is 12.7. The molecule has 3 heteroatoms. The molecule has 114 valence electrons. The average Bonchev–Trinajstić information content (AvgIpc) is 2.85. The Morgan fingerprint density at radius 3 is 2.62 bits per heavy atom. The zero-order valence-electron chi connectivity index (χ0n) is 12.7. The molecule has 1 aromatic rings. The number of hydrogen-bond acceptors (Lipinski definition) is 2. The van der Waals surface area contributed by atoms with Gasteiger partial charge in [-0.15, -0.1) is 0 Å². The number of benzene rings is 1. The van der Waals surface area contributed by atoms with Crippen molar-refractivity contribution in [2.24, 2.45) is 0 Å². The third kappa shape index (κ3) is 3.78. The molecule has 0 spiro atoms. The van der Waals surface area contributed by atoms with Gasteiger partial charge in [0.2, 0.25) is 5.91 Å². The first-order chi connectivity index (χ1) is 10.3. The zero-order chi connectivity index (χ0) is 14.5. The van der Waals surface area contributed by atoms with Crippen LogP contribution in [0.4, 0.5) is 5.69 Å². The lowest BCUT2D eigenvalue weighted by molar-refractivity contribution is -0.122. The molecule has 0 bridgehead atoms. The van der Waals surface area contributed by atoms with Gasteiger partial charge < -0.3 is 10.6 Å². The molecule has 1 aromatic carbocycles. The molecule has 0 aromatic heterocycles. The molecule has 0 radical (unpaired) electrons. The van der Waals surface area contributed by atoms with Crippen LogP contribution in [0.15, 0.2) is 24.3 Å². The second-order valence-corrected chi connectivity index (χ2v) is 6.48. The van der Waals surface area contributed by atoms with Gasteiger partial charge >= 0.3 is 0 Å². The first kappa shape index (κ1) is 14.4. The summed E-state index contributed by atoms with van der Waals surface area (Å²) in [7, 11) is 0. The van der Waals surface area contributed by atoms with Crippen LogP contribution >= 0.6 is 0 Å². The summed E-state index contributed by atoms with van der Waals surface area (Å²) in [4.78, 5) is 12.3. The molecule has 21 heavy (non-hydrogen) atoms. The molecule has 1 atom stereocenters. The third-order valence-corrected chi connectivity index (χ3v) is 4.84. The summed E-state index contributed by atoms with van der Waals surface area (Å²) in [6.45, 7) is 0.886. The lowest BCUT2D eigenvalue weighted by atomic mass is 9.95. The van der Waals surface area contributed by atoms with E-state index < -0.39 is 0 Å². The second kappa shape index (κ2) is 6.97. The predicted molar refractivity (Wildman–Crippen MR) is 86.5 cm³/mol. The topological polar surface area (TPSA) is 41.1 Å². The molecule has 1 amide bonds. The van der Waals surface area contributed by atoms with Crippen LogP contribution in [0.1, 0.15) is 62.8 Å². The van der Waals surface area contributed by atoms with E-state index in [1.54, 1.807) is 0 Å². The van der Waals surface area contributed by atoms with Crippen LogP contribution in [0, 0.1) is 0 Å². The Bertz CT molecular complexity index is 478. The summed E-state index contributed by atoms with van der Waals surface area (Å²) < 4.78 is 0. The van der Waals surface area contributed by atoms with Crippen molar-refractivity contribution in [2.45, 2.75) is 63.3 Å². The molecule has 1 saturated carbocycles. The highest BCUT2D eigenvalue weighted by atomic mass is 16.1. The number of carbonyl (C=O) groups excluding carboxylic acids is 1. The Labute approximate surface area is 127 Å². The van der Waals surface area contributed by atoms with Gasteiger partial charge in [0, 0.05) is 30.6 Å². The Morgan fingerprint density at radius 2 is 1.81 bits per heavy atom. The van der Waals surface area contributed by atoms with Crippen molar-refractivity contribution in [1.82, 2.24) is 5.32 Å². The van der Waals surface area contributed by atoms with Crippen LogP contribution in [0.2, 0.25) is 0 Å². The molecule has 3 nitrogen and oxygen atoms in total. The maximum absolute atomic E-state index is 12.3. The minimum atomic E-state index is 0.226. The van der Waals surface area contributed by atoms with Gasteiger partial charge in [0.05, 0.1) is 0 Å². The van der Waals surface area contributed by atoms with Crippen LogP contribution < -0.4 is 10.6 Å². The van der Waals surface area contributed by atoms with Gasteiger partial charge in [0.1, 0.15) is 0 Å². The minimum Gasteiger partial charge on any atom is -0.384 e. The van der Waals surface area contributed by atoms with Gasteiger partial charge in [-0.25, -0.2) is 0 Å². The quantitative estimate of drug-likeness (QED) is 0.887. The molecule has 1 fully saturated rings. The minimum absolute atomic E-state index is 0.226. The van der Waals surface area contributed by atoms with Crippen molar-refractivity contribution in [3.05, 3.63) is 29.8 Å². The summed E-state index contributed by atoms with van der Waals surface area (Å²) in [6, 6.07) is 8.75. The van der Waals surface area contributed by atoms with Gasteiger partial charge in [-0.2, -0.15) is 0 Å². The Kier molecular flexibility index (Phi) is 4.79. The van der Waals surface area contributed by atoms with E-state index in [1.165, 1.54) is 43.4 Å². The van der Waals surface area contributed by atoms with Crippen molar-refractivity contribution in [3.63, 3.8) is 0 Å². The van der Waals surface area contributed by atoms with Crippen molar-refractivity contribution in [2.75, 3.05) is 11.9 Å². The van der Waals surface area contributed by atoms with Crippen LogP contribution in [0.3, 0.4) is 0 Å². The first-order valence-corrected chi connectivity index (χ1v) is 8.45. The summed E-state index contributed by atoms with van der Waals surface area (Å²) in [5.41, 5.74) is 2.49. The summed E-state index contributed by atoms with van der Waals surface area (Å²) in [5, 5.41) is 6.68. The number of rotatable bonds is 3. The molecule has 2 aliphatic rings. The average molecular weight is 286 g/mol. The van der Waals surface area contributed by atoms with Crippen molar-refractivity contribution in [1.29, 1.82) is 0 Å². The first-order valence-electron chi connectivity index (χ1n) is 8.45. The Balaban J connectivity index is 1.52. The van der Waals surface area contributed by atoms with Crippen LogP contribution in [-0.4, -0.2) is 18.5 Å². The van der Waals surface area contributed by atoms with Gasteiger partial charge in [0.15, 0.2) is 0 Å². The van der Waals surface area contributed by atoms with E-state index in [4.69, 9.17) is 0 Å². The van der Waals surface area contributed by atoms with E-state index in [0.29, 0.717) is 18.4 Å². The van der Waals surface area contributed by atoms with E-state index in [0.717, 1.165) is 19.4 Å². The smallest absolute Gasteiger partial charge is 0.220 e. The highest BCUT2D eigenvalue weighted by Gasteiger charge is 2.24. The predicted octanol–water partition coefficient (Wildman–Crippen LogP) is 3.81. The molecule has 1 unspecified atom stereocenters. The van der Waals surface area contributed by atoms with Gasteiger partial charge in [-0.3, -0.25) is 4.79 Å². The summed E-state index contributed by atoms with van der Waals surface area (Å²) in [5.74, 6) is 0.554. The van der Waals surface area contributed by atoms with E-state index in [9.17, 15) is 4.79 Å². The van der Waals surface area contributed by atoms with E-state index in [1.807, 2.05) is 6.07 Å². The standard InChI is InChI=1S/C18H26N2O/c21-18(20-15-8-4-2-1-3-5-9-15)12-14-13-19-17-11-7-6-10-16(14)17/h6-7,10-11,14-15,19H,1-5,8-9,12-13H2,(H,20,21). The molecule has 0 saturated heterocycles. The molecule has 1 aliphatic heterocycles. The Morgan fingerprint density at radius 1 is 1.10 bits per heavy atom. The van der Waals surface area contributed by atoms with E-state index >= 15 is 0 Å². The number of hydrogen-bond donors (Lipinski definition) is 2. The van der Waals surface area contributed by atoms with E-state index in [2.05, 4.69) is 28.8 Å². The molecule has 1 heterocycles. The number of fused-ring (bicyclic) bond motifs is 1. The van der Waals surface area contributed by atoms with Crippen LogP contribution in [0.5, 0.6) is 0 Å². The Hall–Kier alpha value is -1.51. The van der Waals surface area contributed by atoms with Crippen LogP contribution in [-0.2, 0) is 4.79 Å². The molecular weight excluding hydrogens is 260 g/mol. The molecule has 1 aliphatic carbocycles. The fourth-order valence-electron chi connectivity index (χ4n) is 3.65. The van der Waals surface area contributed by atoms with Gasteiger partial charge in [0.25, 0.3) is 0 Å². The second-order valence-electron chi connectivity index (χ2n) is 6.48. The summed E-state index contributed by atoms with van der Waals surface area (Å²) in [6.07, 6.45) is 9.47. The lowest BCUT2D eigenvalue weighted by Gasteiger charge is -2.22.